The average molecular weight is 281 g/mol. The van der Waals surface area contributed by atoms with Crippen molar-refractivity contribution < 1.29 is 9.59 Å². The van der Waals surface area contributed by atoms with Crippen LogP contribution in [0.25, 0.3) is 0 Å². The molecule has 0 radical (unpaired) electrons. The lowest BCUT2D eigenvalue weighted by Gasteiger charge is -2.06. The SMILES string of the molecule is CCCNCc1cccc(SCC(=O)NC(N)=O)c1. The zero-order valence-electron chi connectivity index (χ0n) is 10.9. The molecular weight excluding hydrogens is 262 g/mol. The molecule has 3 amide bonds. The van der Waals surface area contributed by atoms with Crippen molar-refractivity contribution in [3.8, 4) is 0 Å². The Kier molecular flexibility index (Phi) is 6.99. The summed E-state index contributed by atoms with van der Waals surface area (Å²) in [6.07, 6.45) is 1.10. The summed E-state index contributed by atoms with van der Waals surface area (Å²) in [4.78, 5) is 22.8. The molecule has 0 spiro atoms. The first-order valence-electron chi connectivity index (χ1n) is 6.13. The van der Waals surface area contributed by atoms with Crippen LogP contribution in [-0.2, 0) is 11.3 Å². The van der Waals surface area contributed by atoms with E-state index in [-0.39, 0.29) is 11.7 Å². The van der Waals surface area contributed by atoms with Crippen molar-refractivity contribution in [2.45, 2.75) is 24.8 Å². The van der Waals surface area contributed by atoms with Crippen LogP contribution in [0.3, 0.4) is 0 Å². The minimum absolute atomic E-state index is 0.175. The summed E-state index contributed by atoms with van der Waals surface area (Å²) in [6.45, 7) is 3.92. The Bertz CT molecular complexity index is 438. The van der Waals surface area contributed by atoms with E-state index < -0.39 is 6.03 Å². The van der Waals surface area contributed by atoms with Gasteiger partial charge in [0.05, 0.1) is 5.75 Å². The van der Waals surface area contributed by atoms with Gasteiger partial charge in [0.1, 0.15) is 0 Å². The molecule has 0 aliphatic rings. The van der Waals surface area contributed by atoms with E-state index >= 15 is 0 Å². The highest BCUT2D eigenvalue weighted by Gasteiger charge is 2.05. The summed E-state index contributed by atoms with van der Waals surface area (Å²) in [6, 6.07) is 7.15. The largest absolute Gasteiger partial charge is 0.351 e. The first-order valence-corrected chi connectivity index (χ1v) is 7.12. The highest BCUT2D eigenvalue weighted by molar-refractivity contribution is 8.00. The van der Waals surface area contributed by atoms with Crippen molar-refractivity contribution >= 4 is 23.7 Å². The van der Waals surface area contributed by atoms with Crippen LogP contribution in [0, 0.1) is 0 Å². The first kappa shape index (κ1) is 15.5. The quantitative estimate of drug-likeness (QED) is 0.522. The van der Waals surface area contributed by atoms with Crippen LogP contribution in [0.4, 0.5) is 4.79 Å². The molecule has 0 fully saturated rings. The van der Waals surface area contributed by atoms with Gasteiger partial charge in [-0.05, 0) is 30.7 Å². The Labute approximate surface area is 117 Å². The molecule has 0 saturated heterocycles. The third-order valence-corrected chi connectivity index (χ3v) is 3.28. The predicted octanol–water partition coefficient (Wildman–Crippen LogP) is 1.47. The predicted molar refractivity (Wildman–Crippen MR) is 76.9 cm³/mol. The van der Waals surface area contributed by atoms with E-state index in [0.29, 0.717) is 0 Å². The maximum atomic E-state index is 11.3. The topological polar surface area (TPSA) is 84.2 Å². The smallest absolute Gasteiger partial charge is 0.318 e. The Morgan fingerprint density at radius 2 is 2.16 bits per heavy atom. The van der Waals surface area contributed by atoms with Crippen molar-refractivity contribution in [3.05, 3.63) is 29.8 Å². The van der Waals surface area contributed by atoms with E-state index in [9.17, 15) is 9.59 Å². The van der Waals surface area contributed by atoms with Crippen molar-refractivity contribution in [3.63, 3.8) is 0 Å². The number of thioether (sulfide) groups is 1. The molecule has 1 aromatic carbocycles. The zero-order chi connectivity index (χ0) is 14.1. The van der Waals surface area contributed by atoms with Gasteiger partial charge in [0.15, 0.2) is 0 Å². The molecule has 104 valence electrons. The number of carbonyl (C=O) groups is 2. The van der Waals surface area contributed by atoms with Gasteiger partial charge in [0, 0.05) is 11.4 Å². The van der Waals surface area contributed by atoms with Gasteiger partial charge < -0.3 is 11.1 Å². The highest BCUT2D eigenvalue weighted by atomic mass is 32.2. The number of amides is 3. The number of benzene rings is 1. The van der Waals surface area contributed by atoms with Crippen LogP contribution in [0.2, 0.25) is 0 Å². The summed E-state index contributed by atoms with van der Waals surface area (Å²) in [7, 11) is 0. The lowest BCUT2D eigenvalue weighted by atomic mass is 10.2. The summed E-state index contributed by atoms with van der Waals surface area (Å²) in [5.74, 6) is -0.207. The fourth-order valence-corrected chi connectivity index (χ4v) is 2.26. The third kappa shape index (κ3) is 6.83. The Balaban J connectivity index is 2.43. The summed E-state index contributed by atoms with van der Waals surface area (Å²) in [5, 5.41) is 5.36. The number of nitrogens with two attached hydrogens (primary N) is 1. The first-order chi connectivity index (χ1) is 9.11. The van der Waals surface area contributed by atoms with E-state index in [1.807, 2.05) is 29.6 Å². The van der Waals surface area contributed by atoms with Gasteiger partial charge >= 0.3 is 6.03 Å². The van der Waals surface area contributed by atoms with E-state index in [0.717, 1.165) is 24.4 Å². The van der Waals surface area contributed by atoms with Crippen LogP contribution in [0.15, 0.2) is 29.2 Å². The van der Waals surface area contributed by atoms with Crippen LogP contribution < -0.4 is 16.4 Å². The number of rotatable bonds is 7. The van der Waals surface area contributed by atoms with Crippen molar-refractivity contribution in [2.75, 3.05) is 12.3 Å². The number of hydrogen-bond acceptors (Lipinski definition) is 4. The molecule has 0 heterocycles. The zero-order valence-corrected chi connectivity index (χ0v) is 11.8. The second kappa shape index (κ2) is 8.55. The Hall–Kier alpha value is -1.53. The fourth-order valence-electron chi connectivity index (χ4n) is 1.48. The standard InChI is InChI=1S/C13H19N3O2S/c1-2-6-15-8-10-4-3-5-11(7-10)19-9-12(17)16-13(14)18/h3-5,7,15H,2,6,8-9H2,1H3,(H3,14,16,17,18). The van der Waals surface area contributed by atoms with Crippen LogP contribution in [0.1, 0.15) is 18.9 Å². The van der Waals surface area contributed by atoms with Crippen LogP contribution in [0.5, 0.6) is 0 Å². The van der Waals surface area contributed by atoms with Crippen molar-refractivity contribution in [1.29, 1.82) is 0 Å². The Morgan fingerprint density at radius 1 is 1.37 bits per heavy atom. The number of hydrogen-bond donors (Lipinski definition) is 3. The van der Waals surface area contributed by atoms with Gasteiger partial charge in [-0.3, -0.25) is 10.1 Å². The maximum absolute atomic E-state index is 11.3. The molecule has 0 aliphatic heterocycles. The Morgan fingerprint density at radius 3 is 2.84 bits per heavy atom. The number of imide groups is 1. The second-order valence-electron chi connectivity index (χ2n) is 4.03. The van der Waals surface area contributed by atoms with Gasteiger partial charge in [-0.25, -0.2) is 4.79 Å². The molecule has 19 heavy (non-hydrogen) atoms. The van der Waals surface area contributed by atoms with E-state index in [2.05, 4.69) is 12.2 Å². The van der Waals surface area contributed by atoms with Gasteiger partial charge in [0.25, 0.3) is 0 Å². The molecule has 0 saturated carbocycles. The fraction of sp³-hybridized carbons (Fsp3) is 0.385. The van der Waals surface area contributed by atoms with Gasteiger partial charge in [-0.1, -0.05) is 19.1 Å². The molecule has 1 rings (SSSR count). The minimum Gasteiger partial charge on any atom is -0.351 e. The molecule has 0 atom stereocenters. The minimum atomic E-state index is -0.817. The monoisotopic (exact) mass is 281 g/mol. The van der Waals surface area contributed by atoms with Crippen LogP contribution in [-0.4, -0.2) is 24.2 Å². The van der Waals surface area contributed by atoms with Gasteiger partial charge in [-0.2, -0.15) is 0 Å². The molecular formula is C13H19N3O2S. The molecule has 5 nitrogen and oxygen atoms in total. The van der Waals surface area contributed by atoms with Crippen molar-refractivity contribution in [1.82, 2.24) is 10.6 Å². The highest BCUT2D eigenvalue weighted by Crippen LogP contribution is 2.18. The number of urea groups is 1. The van der Waals surface area contributed by atoms with E-state index in [1.54, 1.807) is 0 Å². The lowest BCUT2D eigenvalue weighted by molar-refractivity contribution is -0.117. The normalized spacial score (nSPS) is 10.2. The van der Waals surface area contributed by atoms with Crippen LogP contribution >= 0.6 is 11.8 Å². The van der Waals surface area contributed by atoms with E-state index in [1.165, 1.54) is 17.3 Å². The number of primary amides is 1. The molecule has 4 N–H and O–H groups in total. The second-order valence-corrected chi connectivity index (χ2v) is 5.07. The molecule has 0 aliphatic carbocycles. The lowest BCUT2D eigenvalue weighted by Crippen LogP contribution is -2.36. The molecule has 6 heteroatoms. The molecule has 1 aromatic rings. The summed E-state index contributed by atoms with van der Waals surface area (Å²) < 4.78 is 0. The van der Waals surface area contributed by atoms with Crippen molar-refractivity contribution in [2.24, 2.45) is 5.73 Å². The third-order valence-electron chi connectivity index (χ3n) is 2.29. The molecule has 0 bridgehead atoms. The molecule has 0 unspecified atom stereocenters. The average Bonchev–Trinajstić information content (AvgIpc) is 2.36. The number of carbonyl (C=O) groups excluding carboxylic acids is 2. The number of nitrogens with one attached hydrogen (secondary N) is 2. The van der Waals surface area contributed by atoms with E-state index in [4.69, 9.17) is 5.73 Å². The summed E-state index contributed by atoms with van der Waals surface area (Å²) in [5.41, 5.74) is 6.04. The summed E-state index contributed by atoms with van der Waals surface area (Å²) >= 11 is 1.38. The van der Waals surface area contributed by atoms with Gasteiger partial charge in [-0.15, -0.1) is 11.8 Å². The maximum Gasteiger partial charge on any atom is 0.318 e. The molecule has 0 aromatic heterocycles. The van der Waals surface area contributed by atoms with Gasteiger partial charge in [0.2, 0.25) is 5.91 Å².